The molecular formula is C17H16BrN3S. The van der Waals surface area contributed by atoms with Crippen molar-refractivity contribution in [1.82, 2.24) is 4.98 Å². The van der Waals surface area contributed by atoms with E-state index in [2.05, 4.69) is 72.9 Å². The van der Waals surface area contributed by atoms with Gasteiger partial charge < -0.3 is 10.2 Å². The average molecular weight is 374 g/mol. The SMILES string of the molecule is CN(C)c1ccc(Nc2nc(-c3cccc(Br)c3)cs2)cc1. The predicted molar refractivity (Wildman–Crippen MR) is 99.3 cm³/mol. The van der Waals surface area contributed by atoms with E-state index in [4.69, 9.17) is 0 Å². The van der Waals surface area contributed by atoms with Crippen molar-refractivity contribution in [2.45, 2.75) is 0 Å². The lowest BCUT2D eigenvalue weighted by atomic mass is 10.2. The summed E-state index contributed by atoms with van der Waals surface area (Å²) in [5, 5.41) is 6.32. The summed E-state index contributed by atoms with van der Waals surface area (Å²) in [4.78, 5) is 6.73. The number of nitrogens with zero attached hydrogens (tertiary/aromatic N) is 2. The van der Waals surface area contributed by atoms with Gasteiger partial charge in [0.1, 0.15) is 0 Å². The molecule has 22 heavy (non-hydrogen) atoms. The minimum Gasteiger partial charge on any atom is -0.378 e. The lowest BCUT2D eigenvalue weighted by Gasteiger charge is -2.12. The number of benzene rings is 2. The first kappa shape index (κ1) is 15.1. The van der Waals surface area contributed by atoms with Crippen molar-refractivity contribution in [2.24, 2.45) is 0 Å². The van der Waals surface area contributed by atoms with E-state index < -0.39 is 0 Å². The molecule has 1 N–H and O–H groups in total. The molecule has 0 atom stereocenters. The van der Waals surface area contributed by atoms with Crippen LogP contribution >= 0.6 is 27.3 Å². The van der Waals surface area contributed by atoms with Gasteiger partial charge in [-0.3, -0.25) is 0 Å². The molecule has 0 unspecified atom stereocenters. The van der Waals surface area contributed by atoms with Gasteiger partial charge in [0.25, 0.3) is 0 Å². The minimum absolute atomic E-state index is 0.896. The molecule has 0 saturated heterocycles. The largest absolute Gasteiger partial charge is 0.378 e. The lowest BCUT2D eigenvalue weighted by molar-refractivity contribution is 1.13. The average Bonchev–Trinajstić information content (AvgIpc) is 2.96. The molecule has 0 fully saturated rings. The van der Waals surface area contributed by atoms with E-state index in [1.165, 1.54) is 5.69 Å². The number of hydrogen-bond donors (Lipinski definition) is 1. The van der Waals surface area contributed by atoms with Crippen molar-refractivity contribution in [2.75, 3.05) is 24.3 Å². The number of nitrogens with one attached hydrogen (secondary N) is 1. The van der Waals surface area contributed by atoms with Crippen molar-refractivity contribution in [1.29, 1.82) is 0 Å². The van der Waals surface area contributed by atoms with Crippen molar-refractivity contribution in [3.63, 3.8) is 0 Å². The van der Waals surface area contributed by atoms with Gasteiger partial charge in [0.2, 0.25) is 0 Å². The van der Waals surface area contributed by atoms with Gasteiger partial charge >= 0.3 is 0 Å². The maximum Gasteiger partial charge on any atom is 0.187 e. The molecule has 3 aromatic rings. The first-order valence-corrected chi connectivity index (χ1v) is 8.55. The number of thiazole rings is 1. The normalized spacial score (nSPS) is 10.5. The monoisotopic (exact) mass is 373 g/mol. The van der Waals surface area contributed by atoms with Crippen LogP contribution in [0.25, 0.3) is 11.3 Å². The Labute approximate surface area is 142 Å². The molecule has 1 aromatic heterocycles. The predicted octanol–water partition coefficient (Wildman–Crippen LogP) is 5.38. The molecule has 0 spiro atoms. The van der Waals surface area contributed by atoms with Gasteiger partial charge in [0.05, 0.1) is 5.69 Å². The third kappa shape index (κ3) is 3.48. The van der Waals surface area contributed by atoms with Gasteiger partial charge in [0.15, 0.2) is 5.13 Å². The Bertz CT molecular complexity index is 766. The summed E-state index contributed by atoms with van der Waals surface area (Å²) in [7, 11) is 4.07. The Kier molecular flexibility index (Phi) is 4.45. The van der Waals surface area contributed by atoms with E-state index >= 15 is 0 Å². The second-order valence-corrected chi connectivity index (χ2v) is 6.89. The summed E-state index contributed by atoms with van der Waals surface area (Å²) in [6, 6.07) is 16.5. The maximum atomic E-state index is 4.65. The van der Waals surface area contributed by atoms with Crippen LogP contribution < -0.4 is 10.2 Å². The highest BCUT2D eigenvalue weighted by molar-refractivity contribution is 9.10. The van der Waals surface area contributed by atoms with Crippen LogP contribution in [0, 0.1) is 0 Å². The van der Waals surface area contributed by atoms with E-state index in [-0.39, 0.29) is 0 Å². The Morgan fingerprint density at radius 3 is 2.55 bits per heavy atom. The zero-order valence-electron chi connectivity index (χ0n) is 12.4. The molecule has 2 aromatic carbocycles. The molecule has 0 aliphatic carbocycles. The number of halogens is 1. The van der Waals surface area contributed by atoms with Gasteiger partial charge in [-0.15, -0.1) is 11.3 Å². The van der Waals surface area contributed by atoms with Crippen molar-refractivity contribution in [3.05, 3.63) is 58.4 Å². The molecule has 1 heterocycles. The van der Waals surface area contributed by atoms with E-state index in [1.54, 1.807) is 11.3 Å². The van der Waals surface area contributed by atoms with Crippen LogP contribution in [-0.2, 0) is 0 Å². The van der Waals surface area contributed by atoms with Crippen molar-refractivity contribution in [3.8, 4) is 11.3 Å². The Hall–Kier alpha value is -1.85. The van der Waals surface area contributed by atoms with Gasteiger partial charge in [-0.2, -0.15) is 0 Å². The van der Waals surface area contributed by atoms with E-state index in [0.29, 0.717) is 0 Å². The van der Waals surface area contributed by atoms with Crippen LogP contribution in [-0.4, -0.2) is 19.1 Å². The van der Waals surface area contributed by atoms with Crippen LogP contribution in [0.2, 0.25) is 0 Å². The minimum atomic E-state index is 0.896. The Morgan fingerprint density at radius 2 is 1.86 bits per heavy atom. The summed E-state index contributed by atoms with van der Waals surface area (Å²) in [6.07, 6.45) is 0. The van der Waals surface area contributed by atoms with Crippen LogP contribution in [0.4, 0.5) is 16.5 Å². The van der Waals surface area contributed by atoms with Crippen LogP contribution in [0.3, 0.4) is 0 Å². The molecule has 112 valence electrons. The molecule has 0 radical (unpaired) electrons. The molecule has 0 saturated carbocycles. The third-order valence-corrected chi connectivity index (χ3v) is 4.51. The Balaban J connectivity index is 1.77. The van der Waals surface area contributed by atoms with Crippen LogP contribution in [0.5, 0.6) is 0 Å². The second-order valence-electron chi connectivity index (χ2n) is 5.11. The summed E-state index contributed by atoms with van der Waals surface area (Å²) in [6.45, 7) is 0. The maximum absolute atomic E-state index is 4.65. The fourth-order valence-electron chi connectivity index (χ4n) is 2.08. The third-order valence-electron chi connectivity index (χ3n) is 3.26. The smallest absolute Gasteiger partial charge is 0.187 e. The highest BCUT2D eigenvalue weighted by Gasteiger charge is 2.05. The Morgan fingerprint density at radius 1 is 1.09 bits per heavy atom. The zero-order valence-corrected chi connectivity index (χ0v) is 14.8. The lowest BCUT2D eigenvalue weighted by Crippen LogP contribution is -2.08. The summed E-state index contributed by atoms with van der Waals surface area (Å²) < 4.78 is 1.06. The van der Waals surface area contributed by atoms with Gasteiger partial charge in [-0.1, -0.05) is 28.1 Å². The molecule has 3 rings (SSSR count). The molecule has 0 aliphatic rings. The van der Waals surface area contributed by atoms with E-state index in [0.717, 1.165) is 26.5 Å². The molecule has 0 bridgehead atoms. The van der Waals surface area contributed by atoms with E-state index in [9.17, 15) is 0 Å². The summed E-state index contributed by atoms with van der Waals surface area (Å²) >= 11 is 5.10. The first-order chi connectivity index (χ1) is 10.6. The molecule has 0 aliphatic heterocycles. The van der Waals surface area contributed by atoms with E-state index in [1.807, 2.05) is 26.2 Å². The van der Waals surface area contributed by atoms with Crippen molar-refractivity contribution >= 4 is 43.8 Å². The highest BCUT2D eigenvalue weighted by Crippen LogP contribution is 2.29. The zero-order chi connectivity index (χ0) is 15.5. The van der Waals surface area contributed by atoms with Gasteiger partial charge in [-0.25, -0.2) is 4.98 Å². The molecular weight excluding hydrogens is 358 g/mol. The topological polar surface area (TPSA) is 28.2 Å². The number of anilines is 3. The fourth-order valence-corrected chi connectivity index (χ4v) is 3.22. The second kappa shape index (κ2) is 6.50. The van der Waals surface area contributed by atoms with Gasteiger partial charge in [-0.05, 0) is 36.4 Å². The summed E-state index contributed by atoms with van der Waals surface area (Å²) in [5.74, 6) is 0. The van der Waals surface area contributed by atoms with Crippen LogP contribution in [0.15, 0.2) is 58.4 Å². The quantitative estimate of drug-likeness (QED) is 0.664. The fraction of sp³-hybridized carbons (Fsp3) is 0.118. The first-order valence-electron chi connectivity index (χ1n) is 6.88. The highest BCUT2D eigenvalue weighted by atomic mass is 79.9. The molecule has 0 amide bonds. The molecule has 5 heteroatoms. The standard InChI is InChI=1S/C17H16BrN3S/c1-21(2)15-8-6-14(7-9-15)19-17-20-16(11-22-17)12-4-3-5-13(18)10-12/h3-11H,1-2H3,(H,19,20). The summed E-state index contributed by atoms with van der Waals surface area (Å²) in [5.41, 5.74) is 4.32. The number of rotatable bonds is 4. The number of aromatic nitrogens is 1. The molecule has 3 nitrogen and oxygen atoms in total. The van der Waals surface area contributed by atoms with Crippen LogP contribution in [0.1, 0.15) is 0 Å². The number of hydrogen-bond acceptors (Lipinski definition) is 4. The van der Waals surface area contributed by atoms with Gasteiger partial charge in [0, 0.05) is 40.9 Å². The van der Waals surface area contributed by atoms with Crippen molar-refractivity contribution < 1.29 is 0 Å².